The number of aliphatic carboxylic acids is 1. The summed E-state index contributed by atoms with van der Waals surface area (Å²) in [5, 5.41) is 12.1. The minimum absolute atomic E-state index is 0.0117. The summed E-state index contributed by atoms with van der Waals surface area (Å²) in [6.07, 6.45) is 2.81. The van der Waals surface area contributed by atoms with Crippen LogP contribution in [-0.4, -0.2) is 42.3 Å². The summed E-state index contributed by atoms with van der Waals surface area (Å²) in [6.45, 7) is 0.557. The first-order valence-corrected chi connectivity index (χ1v) is 12.2. The van der Waals surface area contributed by atoms with E-state index < -0.39 is 18.2 Å². The highest BCUT2D eigenvalue weighted by molar-refractivity contribution is 5.79. The van der Waals surface area contributed by atoms with Crippen LogP contribution in [0.2, 0.25) is 0 Å². The quantitative estimate of drug-likeness (QED) is 0.445. The van der Waals surface area contributed by atoms with Gasteiger partial charge in [0.2, 0.25) is 5.91 Å². The lowest BCUT2D eigenvalue weighted by atomic mass is 9.66. The topological polar surface area (TPSA) is 114 Å². The van der Waals surface area contributed by atoms with Gasteiger partial charge in [0.15, 0.2) is 6.10 Å². The monoisotopic (exact) mass is 478 g/mol. The van der Waals surface area contributed by atoms with E-state index in [9.17, 15) is 19.5 Å². The summed E-state index contributed by atoms with van der Waals surface area (Å²) in [6, 6.07) is 16.3. The van der Waals surface area contributed by atoms with Gasteiger partial charge in [0.05, 0.1) is 0 Å². The zero-order chi connectivity index (χ0) is 24.4. The van der Waals surface area contributed by atoms with Crippen molar-refractivity contribution in [3.8, 4) is 11.1 Å². The number of hydrogen-bond donors (Lipinski definition) is 3. The van der Waals surface area contributed by atoms with E-state index in [4.69, 9.17) is 9.57 Å². The van der Waals surface area contributed by atoms with Gasteiger partial charge in [0, 0.05) is 18.9 Å². The Morgan fingerprint density at radius 3 is 2.17 bits per heavy atom. The second kappa shape index (κ2) is 9.70. The number of benzene rings is 2. The van der Waals surface area contributed by atoms with Gasteiger partial charge in [0.1, 0.15) is 6.61 Å². The Hall–Kier alpha value is -3.39. The van der Waals surface area contributed by atoms with E-state index in [1.165, 1.54) is 11.1 Å². The van der Waals surface area contributed by atoms with E-state index in [0.717, 1.165) is 43.2 Å². The Bertz CT molecular complexity index is 1080. The molecule has 5 rings (SSSR count). The van der Waals surface area contributed by atoms with Crippen molar-refractivity contribution in [1.82, 2.24) is 10.8 Å². The van der Waals surface area contributed by atoms with Crippen molar-refractivity contribution < 1.29 is 29.1 Å². The lowest BCUT2D eigenvalue weighted by Crippen LogP contribution is -2.46. The van der Waals surface area contributed by atoms with Crippen molar-refractivity contribution in [3.05, 3.63) is 59.7 Å². The molecule has 3 aliphatic carbocycles. The first-order valence-electron chi connectivity index (χ1n) is 12.2. The maximum Gasteiger partial charge on any atom is 0.407 e. The first kappa shape index (κ1) is 23.4. The van der Waals surface area contributed by atoms with Gasteiger partial charge in [-0.15, -0.1) is 0 Å². The molecule has 2 aromatic carbocycles. The minimum Gasteiger partial charge on any atom is -0.479 e. The third-order valence-electron chi connectivity index (χ3n) is 7.49. The molecule has 184 valence electrons. The summed E-state index contributed by atoms with van der Waals surface area (Å²) in [7, 11) is 0. The molecule has 0 aromatic heterocycles. The summed E-state index contributed by atoms with van der Waals surface area (Å²) in [5.41, 5.74) is 6.60. The zero-order valence-corrected chi connectivity index (χ0v) is 19.5. The molecule has 0 spiro atoms. The van der Waals surface area contributed by atoms with Crippen LogP contribution >= 0.6 is 0 Å². The zero-order valence-electron chi connectivity index (χ0n) is 19.5. The average molecular weight is 479 g/mol. The van der Waals surface area contributed by atoms with Crippen LogP contribution in [0.5, 0.6) is 0 Å². The number of carboxylic acids is 1. The van der Waals surface area contributed by atoms with Crippen molar-refractivity contribution in [2.45, 2.75) is 50.5 Å². The fraction of sp³-hybridized carbons (Fsp3) is 0.444. The van der Waals surface area contributed by atoms with E-state index in [1.54, 1.807) is 0 Å². The third kappa shape index (κ3) is 5.03. The van der Waals surface area contributed by atoms with Crippen LogP contribution in [0.15, 0.2) is 48.5 Å². The van der Waals surface area contributed by atoms with E-state index in [-0.39, 0.29) is 36.2 Å². The van der Waals surface area contributed by atoms with Crippen LogP contribution in [0.1, 0.15) is 55.6 Å². The van der Waals surface area contributed by atoms with Crippen molar-refractivity contribution in [2.75, 3.05) is 13.2 Å². The Morgan fingerprint density at radius 1 is 1.00 bits per heavy atom. The Balaban J connectivity index is 1.12. The second-order valence-electron chi connectivity index (χ2n) is 9.95. The van der Waals surface area contributed by atoms with Crippen LogP contribution < -0.4 is 10.8 Å². The van der Waals surface area contributed by atoms with Gasteiger partial charge >= 0.3 is 12.1 Å². The Kier molecular flexibility index (Phi) is 6.47. The van der Waals surface area contributed by atoms with Crippen LogP contribution in [0, 0.1) is 11.3 Å². The number of nitrogens with one attached hydrogen (secondary N) is 2. The number of carbonyl (C=O) groups is 3. The lowest BCUT2D eigenvalue weighted by molar-refractivity contribution is -0.163. The fourth-order valence-corrected chi connectivity index (χ4v) is 5.26. The van der Waals surface area contributed by atoms with Gasteiger partial charge < -0.3 is 15.2 Å². The molecule has 35 heavy (non-hydrogen) atoms. The molecule has 1 atom stereocenters. The number of ether oxygens (including phenoxy) is 1. The number of rotatable bonds is 10. The molecule has 8 heteroatoms. The van der Waals surface area contributed by atoms with Gasteiger partial charge in [-0.2, -0.15) is 0 Å². The van der Waals surface area contributed by atoms with Crippen LogP contribution in [0.3, 0.4) is 0 Å². The van der Waals surface area contributed by atoms with Gasteiger partial charge in [-0.05, 0) is 59.3 Å². The Labute approximate surface area is 204 Å². The number of carbonyl (C=O) groups excluding carboxylic acids is 2. The smallest absolute Gasteiger partial charge is 0.407 e. The van der Waals surface area contributed by atoms with Crippen molar-refractivity contribution in [2.24, 2.45) is 11.3 Å². The first-order chi connectivity index (χ1) is 17.0. The number of alkyl carbamates (subject to hydrolysis) is 1. The molecule has 2 saturated carbocycles. The molecule has 0 heterocycles. The van der Waals surface area contributed by atoms with Gasteiger partial charge in [-0.25, -0.2) is 15.1 Å². The maximum atomic E-state index is 12.5. The van der Waals surface area contributed by atoms with Gasteiger partial charge in [0.25, 0.3) is 0 Å². The van der Waals surface area contributed by atoms with E-state index in [0.29, 0.717) is 6.54 Å². The normalized spacial score (nSPS) is 18.5. The lowest BCUT2D eigenvalue weighted by Gasteiger charge is -2.41. The van der Waals surface area contributed by atoms with Crippen molar-refractivity contribution in [1.29, 1.82) is 0 Å². The maximum absolute atomic E-state index is 12.5. The summed E-state index contributed by atoms with van der Waals surface area (Å²) < 4.78 is 5.61. The summed E-state index contributed by atoms with van der Waals surface area (Å²) in [5.74, 6) is -1.49. The standard InChI is InChI=1S/C27H30N2O6/c30-23(29-35-24(25(31)32)17-10-11-17)14-27(12-5-13-27)16-28-26(33)34-15-22-20-8-3-1-6-18(20)19-7-2-4-9-21(19)22/h1-4,6-9,17,22,24H,5,10-16H2,(H,28,33)(H,29,30)(H,31,32). The van der Waals surface area contributed by atoms with Crippen LogP contribution in [-0.2, 0) is 19.2 Å². The van der Waals surface area contributed by atoms with Gasteiger partial charge in [-0.1, -0.05) is 55.0 Å². The van der Waals surface area contributed by atoms with Crippen molar-refractivity contribution in [3.63, 3.8) is 0 Å². The Morgan fingerprint density at radius 2 is 1.63 bits per heavy atom. The molecular weight excluding hydrogens is 448 g/mol. The number of amides is 2. The molecule has 3 aliphatic rings. The molecular formula is C27H30N2O6. The van der Waals surface area contributed by atoms with Gasteiger partial charge in [-0.3, -0.25) is 9.63 Å². The van der Waals surface area contributed by atoms with Crippen molar-refractivity contribution >= 4 is 18.0 Å². The highest BCUT2D eigenvalue weighted by atomic mass is 16.7. The second-order valence-corrected chi connectivity index (χ2v) is 9.95. The number of hydrogen-bond acceptors (Lipinski definition) is 5. The van der Waals surface area contributed by atoms with E-state index in [1.807, 2.05) is 24.3 Å². The highest BCUT2D eigenvalue weighted by Gasteiger charge is 2.41. The summed E-state index contributed by atoms with van der Waals surface area (Å²) in [4.78, 5) is 41.4. The average Bonchev–Trinajstić information content (AvgIpc) is 3.61. The number of fused-ring (bicyclic) bond motifs is 3. The highest BCUT2D eigenvalue weighted by Crippen LogP contribution is 2.45. The molecule has 0 radical (unpaired) electrons. The van der Waals surface area contributed by atoms with Crippen LogP contribution in [0.4, 0.5) is 4.79 Å². The predicted octanol–water partition coefficient (Wildman–Crippen LogP) is 4.00. The number of hydroxylamine groups is 1. The van der Waals surface area contributed by atoms with Crippen LogP contribution in [0.25, 0.3) is 11.1 Å². The largest absolute Gasteiger partial charge is 0.479 e. The predicted molar refractivity (Wildman–Crippen MR) is 127 cm³/mol. The molecule has 0 saturated heterocycles. The minimum atomic E-state index is -1.07. The third-order valence-corrected chi connectivity index (χ3v) is 7.49. The SMILES string of the molecule is O=C(CC1(CNC(=O)OCC2c3ccccc3-c3ccccc32)CCC1)NOC(C(=O)O)C1CC1. The molecule has 2 aromatic rings. The molecule has 1 unspecified atom stereocenters. The molecule has 0 aliphatic heterocycles. The van der Waals surface area contributed by atoms with E-state index in [2.05, 4.69) is 35.1 Å². The van der Waals surface area contributed by atoms with E-state index >= 15 is 0 Å². The fourth-order valence-electron chi connectivity index (χ4n) is 5.26. The number of carboxylic acid groups (broad SMARTS) is 1. The summed E-state index contributed by atoms with van der Waals surface area (Å²) >= 11 is 0. The molecule has 3 N–H and O–H groups in total. The molecule has 2 amide bonds. The molecule has 0 bridgehead atoms. The molecule has 2 fully saturated rings. The molecule has 8 nitrogen and oxygen atoms in total.